The Morgan fingerprint density at radius 2 is 1.94 bits per heavy atom. The first kappa shape index (κ1) is 14.8. The molecule has 104 valence electrons. The lowest BCUT2D eigenvalue weighted by molar-refractivity contribution is -0.141. The van der Waals surface area contributed by atoms with E-state index in [1.807, 2.05) is 0 Å². The van der Waals surface area contributed by atoms with Gasteiger partial charge in [0.25, 0.3) is 0 Å². The first-order chi connectivity index (χ1) is 8.21. The number of carboxylic acid groups (broad SMARTS) is 1. The maximum absolute atomic E-state index is 11.7. The molecule has 1 rings (SSSR count). The Morgan fingerprint density at radius 3 is 2.39 bits per heavy atom. The van der Waals surface area contributed by atoms with Gasteiger partial charge in [0.1, 0.15) is 0 Å². The van der Waals surface area contributed by atoms with Crippen molar-refractivity contribution in [3.63, 3.8) is 0 Å². The second-order valence-corrected chi connectivity index (χ2v) is 6.14. The van der Waals surface area contributed by atoms with E-state index in [1.165, 1.54) is 0 Å². The summed E-state index contributed by atoms with van der Waals surface area (Å²) in [6.07, 6.45) is 3.07. The number of hydrogen-bond acceptors (Lipinski definition) is 2. The van der Waals surface area contributed by atoms with E-state index in [-0.39, 0.29) is 23.5 Å². The number of carbonyl (C=O) groups is 2. The Balaban J connectivity index is 2.36. The van der Waals surface area contributed by atoms with Crippen LogP contribution in [0.4, 0.5) is 4.79 Å². The van der Waals surface area contributed by atoms with Crippen LogP contribution in [0.2, 0.25) is 0 Å². The lowest BCUT2D eigenvalue weighted by Gasteiger charge is -2.21. The summed E-state index contributed by atoms with van der Waals surface area (Å²) in [6, 6.07) is -0.442. The number of urea groups is 1. The molecule has 0 spiro atoms. The van der Waals surface area contributed by atoms with Crippen molar-refractivity contribution in [3.8, 4) is 0 Å². The molecule has 0 saturated heterocycles. The summed E-state index contributed by atoms with van der Waals surface area (Å²) in [5, 5.41) is 14.4. The van der Waals surface area contributed by atoms with Crippen molar-refractivity contribution in [1.29, 1.82) is 0 Å². The van der Waals surface area contributed by atoms with E-state index in [2.05, 4.69) is 24.5 Å². The Bertz CT molecular complexity index is 328. The van der Waals surface area contributed by atoms with Crippen molar-refractivity contribution in [2.75, 3.05) is 0 Å². The highest BCUT2D eigenvalue weighted by Gasteiger charge is 2.32. The zero-order valence-corrected chi connectivity index (χ0v) is 11.6. The standard InChI is InChI=1S/C13H24N2O3/c1-8(11(16)17)9(2)14-12(18)15-10-5-6-13(3,4)7-10/h8-10H,5-7H2,1-4H3,(H,16,17)(H2,14,15,18). The van der Waals surface area contributed by atoms with Gasteiger partial charge in [0.05, 0.1) is 5.92 Å². The van der Waals surface area contributed by atoms with Crippen LogP contribution in [0, 0.1) is 11.3 Å². The third-order valence-electron chi connectivity index (χ3n) is 3.80. The average Bonchev–Trinajstić information content (AvgIpc) is 2.56. The summed E-state index contributed by atoms with van der Waals surface area (Å²) in [4.78, 5) is 22.5. The second-order valence-electron chi connectivity index (χ2n) is 6.14. The highest BCUT2D eigenvalue weighted by atomic mass is 16.4. The van der Waals surface area contributed by atoms with Crippen LogP contribution in [-0.2, 0) is 4.79 Å². The number of carboxylic acids is 1. The maximum Gasteiger partial charge on any atom is 0.315 e. The summed E-state index contributed by atoms with van der Waals surface area (Å²) in [5.74, 6) is -1.49. The summed E-state index contributed by atoms with van der Waals surface area (Å²) >= 11 is 0. The normalized spacial score (nSPS) is 25.2. The van der Waals surface area contributed by atoms with Crippen molar-refractivity contribution in [1.82, 2.24) is 10.6 Å². The van der Waals surface area contributed by atoms with E-state index in [0.717, 1.165) is 19.3 Å². The molecule has 2 amide bonds. The molecule has 3 atom stereocenters. The SMILES string of the molecule is CC(NC(=O)NC1CCC(C)(C)C1)C(C)C(=O)O. The van der Waals surface area contributed by atoms with Crippen LogP contribution >= 0.6 is 0 Å². The van der Waals surface area contributed by atoms with Gasteiger partial charge in [0, 0.05) is 12.1 Å². The smallest absolute Gasteiger partial charge is 0.315 e. The lowest BCUT2D eigenvalue weighted by Crippen LogP contribution is -2.48. The van der Waals surface area contributed by atoms with Crippen LogP contribution < -0.4 is 10.6 Å². The predicted molar refractivity (Wildman–Crippen MR) is 69.3 cm³/mol. The maximum atomic E-state index is 11.7. The third kappa shape index (κ3) is 4.20. The van der Waals surface area contributed by atoms with Gasteiger partial charge in [-0.3, -0.25) is 4.79 Å². The molecule has 0 radical (unpaired) electrons. The molecule has 1 saturated carbocycles. The number of rotatable bonds is 4. The predicted octanol–water partition coefficient (Wildman–Crippen LogP) is 1.97. The third-order valence-corrected chi connectivity index (χ3v) is 3.80. The van der Waals surface area contributed by atoms with E-state index < -0.39 is 11.9 Å². The Kier molecular flexibility index (Phi) is 4.59. The number of nitrogens with one attached hydrogen (secondary N) is 2. The van der Waals surface area contributed by atoms with E-state index >= 15 is 0 Å². The monoisotopic (exact) mass is 256 g/mol. The quantitative estimate of drug-likeness (QED) is 0.719. The van der Waals surface area contributed by atoms with Gasteiger partial charge in [-0.1, -0.05) is 13.8 Å². The Hall–Kier alpha value is -1.26. The number of carbonyl (C=O) groups excluding carboxylic acids is 1. The summed E-state index contributed by atoms with van der Waals surface area (Å²) in [7, 11) is 0. The summed E-state index contributed by atoms with van der Waals surface area (Å²) < 4.78 is 0. The molecule has 0 aliphatic heterocycles. The largest absolute Gasteiger partial charge is 0.481 e. The molecule has 5 heteroatoms. The van der Waals surface area contributed by atoms with Gasteiger partial charge in [-0.2, -0.15) is 0 Å². The first-order valence-electron chi connectivity index (χ1n) is 6.51. The van der Waals surface area contributed by atoms with Gasteiger partial charge < -0.3 is 15.7 Å². The van der Waals surface area contributed by atoms with Crippen LogP contribution in [0.1, 0.15) is 47.0 Å². The van der Waals surface area contributed by atoms with Gasteiger partial charge in [0.15, 0.2) is 0 Å². The fraction of sp³-hybridized carbons (Fsp3) is 0.846. The van der Waals surface area contributed by atoms with E-state index in [0.29, 0.717) is 0 Å². The molecule has 3 unspecified atom stereocenters. The zero-order chi connectivity index (χ0) is 13.9. The van der Waals surface area contributed by atoms with Crippen LogP contribution in [0.5, 0.6) is 0 Å². The van der Waals surface area contributed by atoms with Gasteiger partial charge in [-0.25, -0.2) is 4.79 Å². The van der Waals surface area contributed by atoms with E-state index in [4.69, 9.17) is 5.11 Å². The molecule has 0 aromatic heterocycles. The summed E-state index contributed by atoms with van der Waals surface area (Å²) in [6.45, 7) is 7.69. The van der Waals surface area contributed by atoms with Crippen molar-refractivity contribution in [3.05, 3.63) is 0 Å². The fourth-order valence-corrected chi connectivity index (χ4v) is 2.33. The van der Waals surface area contributed by atoms with Crippen LogP contribution in [0.15, 0.2) is 0 Å². The van der Waals surface area contributed by atoms with Crippen LogP contribution in [-0.4, -0.2) is 29.2 Å². The molecule has 1 aliphatic carbocycles. The molecule has 18 heavy (non-hydrogen) atoms. The zero-order valence-electron chi connectivity index (χ0n) is 11.6. The van der Waals surface area contributed by atoms with Gasteiger partial charge in [-0.05, 0) is 38.5 Å². The van der Waals surface area contributed by atoms with Crippen molar-refractivity contribution in [2.45, 2.75) is 59.0 Å². The first-order valence-corrected chi connectivity index (χ1v) is 6.51. The molecule has 1 aliphatic rings. The van der Waals surface area contributed by atoms with Crippen molar-refractivity contribution < 1.29 is 14.7 Å². The van der Waals surface area contributed by atoms with Gasteiger partial charge in [-0.15, -0.1) is 0 Å². The molecule has 0 heterocycles. The molecule has 0 aromatic carbocycles. The Labute approximate surface area is 108 Å². The average molecular weight is 256 g/mol. The number of hydrogen-bond donors (Lipinski definition) is 3. The molecular formula is C13H24N2O3. The van der Waals surface area contributed by atoms with Crippen molar-refractivity contribution >= 4 is 12.0 Å². The van der Waals surface area contributed by atoms with Crippen LogP contribution in [0.3, 0.4) is 0 Å². The Morgan fingerprint density at radius 1 is 1.33 bits per heavy atom. The van der Waals surface area contributed by atoms with E-state index in [1.54, 1.807) is 13.8 Å². The highest BCUT2D eigenvalue weighted by molar-refractivity contribution is 5.76. The molecule has 5 nitrogen and oxygen atoms in total. The molecule has 0 aromatic rings. The summed E-state index contributed by atoms with van der Waals surface area (Å²) in [5.41, 5.74) is 0.290. The number of aliphatic carboxylic acids is 1. The second kappa shape index (κ2) is 5.59. The molecule has 1 fully saturated rings. The molecule has 3 N–H and O–H groups in total. The minimum absolute atomic E-state index is 0.201. The minimum atomic E-state index is -0.898. The fourth-order valence-electron chi connectivity index (χ4n) is 2.33. The lowest BCUT2D eigenvalue weighted by atomic mass is 9.92. The van der Waals surface area contributed by atoms with Crippen LogP contribution in [0.25, 0.3) is 0 Å². The topological polar surface area (TPSA) is 78.4 Å². The van der Waals surface area contributed by atoms with Crippen molar-refractivity contribution in [2.24, 2.45) is 11.3 Å². The highest BCUT2D eigenvalue weighted by Crippen LogP contribution is 2.36. The van der Waals surface area contributed by atoms with E-state index in [9.17, 15) is 9.59 Å². The molecule has 0 bridgehead atoms. The molecular weight excluding hydrogens is 232 g/mol. The van der Waals surface area contributed by atoms with Gasteiger partial charge >= 0.3 is 12.0 Å². The van der Waals surface area contributed by atoms with Gasteiger partial charge in [0.2, 0.25) is 0 Å². The number of amides is 2. The minimum Gasteiger partial charge on any atom is -0.481 e.